The van der Waals surface area contributed by atoms with E-state index in [1.807, 2.05) is 0 Å². The number of aliphatic hydroxyl groups excluding tert-OH is 1. The van der Waals surface area contributed by atoms with E-state index in [9.17, 15) is 0 Å². The van der Waals surface area contributed by atoms with E-state index in [4.69, 9.17) is 9.84 Å². The normalized spacial score (nSPS) is 15.4. The van der Waals surface area contributed by atoms with E-state index >= 15 is 0 Å². The molecule has 1 atom stereocenters. The molecule has 3 nitrogen and oxygen atoms in total. The van der Waals surface area contributed by atoms with Crippen LogP contribution >= 0.6 is 0 Å². The minimum Gasteiger partial charge on any atom is -0.493 e. The van der Waals surface area contributed by atoms with Crippen LogP contribution in [0.15, 0.2) is 18.2 Å². The molecule has 0 aliphatic carbocycles. The highest BCUT2D eigenvalue weighted by molar-refractivity contribution is 5.40. The fourth-order valence-corrected chi connectivity index (χ4v) is 2.15. The Kier molecular flexibility index (Phi) is 4.40. The van der Waals surface area contributed by atoms with Crippen LogP contribution in [0.25, 0.3) is 0 Å². The van der Waals surface area contributed by atoms with Crippen molar-refractivity contribution >= 4 is 0 Å². The van der Waals surface area contributed by atoms with E-state index < -0.39 is 0 Å². The van der Waals surface area contributed by atoms with Gasteiger partial charge in [0.1, 0.15) is 5.75 Å². The highest BCUT2D eigenvalue weighted by atomic mass is 16.5. The van der Waals surface area contributed by atoms with E-state index in [-0.39, 0.29) is 6.61 Å². The van der Waals surface area contributed by atoms with Gasteiger partial charge in [-0.1, -0.05) is 12.1 Å². The number of unbranched alkanes of at least 4 members (excludes halogenated alkanes) is 1. The molecule has 94 valence electrons. The molecule has 0 saturated heterocycles. The summed E-state index contributed by atoms with van der Waals surface area (Å²) in [5.41, 5.74) is 2.64. The van der Waals surface area contributed by atoms with Crippen LogP contribution in [0.3, 0.4) is 0 Å². The summed E-state index contributed by atoms with van der Waals surface area (Å²) in [5, 5.41) is 12.2. The van der Waals surface area contributed by atoms with E-state index in [1.165, 1.54) is 11.1 Å². The topological polar surface area (TPSA) is 41.5 Å². The molecule has 3 heteroatoms. The number of hydrogen-bond acceptors (Lipinski definition) is 3. The average molecular weight is 235 g/mol. The molecule has 0 aromatic heterocycles. The molecule has 1 unspecified atom stereocenters. The lowest BCUT2D eigenvalue weighted by atomic mass is 10.0. The van der Waals surface area contributed by atoms with Gasteiger partial charge < -0.3 is 15.2 Å². The molecule has 17 heavy (non-hydrogen) atoms. The van der Waals surface area contributed by atoms with Crippen molar-refractivity contribution in [1.82, 2.24) is 5.32 Å². The number of aliphatic hydroxyl groups is 1. The highest BCUT2D eigenvalue weighted by Gasteiger charge is 2.14. The van der Waals surface area contributed by atoms with Gasteiger partial charge in [-0.25, -0.2) is 0 Å². The lowest BCUT2D eigenvalue weighted by Crippen LogP contribution is -2.20. The van der Waals surface area contributed by atoms with Crippen LogP contribution in [0.1, 0.15) is 36.9 Å². The quantitative estimate of drug-likeness (QED) is 0.741. The van der Waals surface area contributed by atoms with Gasteiger partial charge in [0, 0.05) is 19.1 Å². The summed E-state index contributed by atoms with van der Waals surface area (Å²) in [4.78, 5) is 0. The van der Waals surface area contributed by atoms with Gasteiger partial charge in [0.25, 0.3) is 0 Å². The van der Waals surface area contributed by atoms with Crippen LogP contribution in [0.2, 0.25) is 0 Å². The van der Waals surface area contributed by atoms with Crippen molar-refractivity contribution in [3.05, 3.63) is 29.3 Å². The molecular weight excluding hydrogens is 214 g/mol. The Balaban J connectivity index is 1.88. The van der Waals surface area contributed by atoms with E-state index in [1.54, 1.807) is 0 Å². The predicted molar refractivity (Wildman–Crippen MR) is 68.4 cm³/mol. The zero-order chi connectivity index (χ0) is 12.1. The smallest absolute Gasteiger partial charge is 0.122 e. The van der Waals surface area contributed by atoms with Gasteiger partial charge in [0.2, 0.25) is 0 Å². The van der Waals surface area contributed by atoms with E-state index in [0.29, 0.717) is 6.04 Å². The molecule has 2 rings (SSSR count). The molecule has 1 aliphatic rings. The summed E-state index contributed by atoms with van der Waals surface area (Å²) < 4.78 is 5.50. The zero-order valence-electron chi connectivity index (χ0n) is 10.4. The number of benzene rings is 1. The number of hydrogen-bond donors (Lipinski definition) is 2. The van der Waals surface area contributed by atoms with Gasteiger partial charge in [0.05, 0.1) is 6.61 Å². The van der Waals surface area contributed by atoms with E-state index in [2.05, 4.69) is 30.4 Å². The fraction of sp³-hybridized carbons (Fsp3) is 0.571. The molecule has 1 aliphatic heterocycles. The molecule has 0 spiro atoms. The van der Waals surface area contributed by atoms with Crippen molar-refractivity contribution in [2.75, 3.05) is 19.8 Å². The average Bonchev–Trinajstić information content (AvgIpc) is 2.81. The summed E-state index contributed by atoms with van der Waals surface area (Å²) in [6.45, 7) is 4.23. The Labute approximate surface area is 103 Å². The number of rotatable bonds is 6. The van der Waals surface area contributed by atoms with Gasteiger partial charge >= 0.3 is 0 Å². The first-order valence-corrected chi connectivity index (χ1v) is 6.41. The minimum absolute atomic E-state index is 0.284. The largest absolute Gasteiger partial charge is 0.493 e. The maximum atomic E-state index is 8.71. The Morgan fingerprint density at radius 3 is 3.12 bits per heavy atom. The Hall–Kier alpha value is -1.06. The number of fused-ring (bicyclic) bond motifs is 1. The number of nitrogens with one attached hydrogen (secondary N) is 1. The molecule has 2 N–H and O–H groups in total. The van der Waals surface area contributed by atoms with Gasteiger partial charge in [-0.15, -0.1) is 0 Å². The summed E-state index contributed by atoms with van der Waals surface area (Å²) >= 11 is 0. The van der Waals surface area contributed by atoms with Crippen LogP contribution < -0.4 is 10.1 Å². The monoisotopic (exact) mass is 235 g/mol. The first-order chi connectivity index (χ1) is 8.31. The summed E-state index contributed by atoms with van der Waals surface area (Å²) in [6.07, 6.45) is 2.92. The van der Waals surface area contributed by atoms with Gasteiger partial charge in [0.15, 0.2) is 0 Å². The van der Waals surface area contributed by atoms with Crippen LogP contribution in [-0.4, -0.2) is 24.9 Å². The first-order valence-electron chi connectivity index (χ1n) is 6.41. The van der Waals surface area contributed by atoms with Crippen LogP contribution in [0, 0.1) is 0 Å². The first kappa shape index (κ1) is 12.4. The molecular formula is C14H21NO2. The van der Waals surface area contributed by atoms with Crippen molar-refractivity contribution in [3.8, 4) is 5.75 Å². The lowest BCUT2D eigenvalue weighted by Gasteiger charge is -2.15. The Morgan fingerprint density at radius 1 is 1.41 bits per heavy atom. The molecule has 1 aromatic carbocycles. The summed E-state index contributed by atoms with van der Waals surface area (Å²) in [6, 6.07) is 6.81. The van der Waals surface area contributed by atoms with Crippen LogP contribution in [0.5, 0.6) is 5.75 Å². The molecule has 0 amide bonds. The second kappa shape index (κ2) is 6.03. The van der Waals surface area contributed by atoms with Crippen molar-refractivity contribution in [2.24, 2.45) is 0 Å². The van der Waals surface area contributed by atoms with Crippen molar-refractivity contribution in [3.63, 3.8) is 0 Å². The van der Waals surface area contributed by atoms with Crippen LogP contribution in [-0.2, 0) is 6.42 Å². The van der Waals surface area contributed by atoms with Crippen molar-refractivity contribution in [1.29, 1.82) is 0 Å². The third kappa shape index (κ3) is 3.20. The second-order valence-electron chi connectivity index (χ2n) is 4.57. The molecule has 1 heterocycles. The van der Waals surface area contributed by atoms with Crippen LogP contribution in [0.4, 0.5) is 0 Å². The fourth-order valence-electron chi connectivity index (χ4n) is 2.15. The lowest BCUT2D eigenvalue weighted by molar-refractivity contribution is 0.283. The standard InChI is InChI=1S/C14H21NO2/c1-11(15-7-2-3-8-16)12-4-5-14-13(10-12)6-9-17-14/h4-5,10-11,15-16H,2-3,6-9H2,1H3. The maximum absolute atomic E-state index is 8.71. The SMILES string of the molecule is CC(NCCCCO)c1ccc2c(c1)CCO2. The molecule has 1 aromatic rings. The third-order valence-corrected chi connectivity index (χ3v) is 3.25. The van der Waals surface area contributed by atoms with Gasteiger partial charge in [-0.05, 0) is 43.5 Å². The molecule has 0 saturated carbocycles. The van der Waals surface area contributed by atoms with Gasteiger partial charge in [-0.3, -0.25) is 0 Å². The molecule has 0 fully saturated rings. The predicted octanol–water partition coefficient (Wildman–Crippen LogP) is 2.04. The van der Waals surface area contributed by atoms with Gasteiger partial charge in [-0.2, -0.15) is 0 Å². The molecule has 0 bridgehead atoms. The highest BCUT2D eigenvalue weighted by Crippen LogP contribution is 2.27. The maximum Gasteiger partial charge on any atom is 0.122 e. The Bertz CT molecular complexity index is 365. The van der Waals surface area contributed by atoms with Crippen molar-refractivity contribution in [2.45, 2.75) is 32.2 Å². The third-order valence-electron chi connectivity index (χ3n) is 3.25. The van der Waals surface area contributed by atoms with Crippen molar-refractivity contribution < 1.29 is 9.84 Å². The number of ether oxygens (including phenoxy) is 1. The Morgan fingerprint density at radius 2 is 2.29 bits per heavy atom. The minimum atomic E-state index is 0.284. The van der Waals surface area contributed by atoms with E-state index in [0.717, 1.165) is 38.2 Å². The summed E-state index contributed by atoms with van der Waals surface area (Å²) in [7, 11) is 0. The zero-order valence-corrected chi connectivity index (χ0v) is 10.4. The molecule has 0 radical (unpaired) electrons. The summed E-state index contributed by atoms with van der Waals surface area (Å²) in [5.74, 6) is 1.04. The second-order valence-corrected chi connectivity index (χ2v) is 4.57.